The summed E-state index contributed by atoms with van der Waals surface area (Å²) in [4.78, 5) is 0.208. The fourth-order valence-corrected chi connectivity index (χ4v) is 3.14. The summed E-state index contributed by atoms with van der Waals surface area (Å²) in [5.74, 6) is 1.09. The maximum atomic E-state index is 12.3. The Hall–Kier alpha value is -2.01. The lowest BCUT2D eigenvalue weighted by Gasteiger charge is -2.12. The molecule has 22 heavy (non-hydrogen) atoms. The van der Waals surface area contributed by atoms with E-state index < -0.39 is 10.0 Å². The molecule has 0 radical (unpaired) electrons. The summed E-state index contributed by atoms with van der Waals surface area (Å²) >= 11 is 0. The van der Waals surface area contributed by atoms with Gasteiger partial charge in [0.05, 0.1) is 12.0 Å². The van der Waals surface area contributed by atoms with E-state index in [0.717, 1.165) is 6.42 Å². The molecule has 1 N–H and O–H groups in total. The zero-order valence-corrected chi connectivity index (χ0v) is 13.9. The third kappa shape index (κ3) is 3.80. The van der Waals surface area contributed by atoms with E-state index in [0.29, 0.717) is 17.4 Å². The summed E-state index contributed by atoms with van der Waals surface area (Å²) in [6.45, 7) is 4.28. The Morgan fingerprint density at radius 1 is 1.05 bits per heavy atom. The van der Waals surface area contributed by atoms with Crippen LogP contribution in [0.5, 0.6) is 5.75 Å². The Morgan fingerprint density at radius 3 is 2.14 bits per heavy atom. The first-order chi connectivity index (χ1) is 10.5. The molecule has 0 amide bonds. The number of methoxy groups -OCH3 is 1. The van der Waals surface area contributed by atoms with Gasteiger partial charge in [-0.25, -0.2) is 8.42 Å². The van der Waals surface area contributed by atoms with Crippen LogP contribution in [0.25, 0.3) is 0 Å². The van der Waals surface area contributed by atoms with Crippen molar-refractivity contribution in [2.75, 3.05) is 11.8 Å². The molecule has 0 aliphatic carbocycles. The summed E-state index contributed by atoms with van der Waals surface area (Å²) in [6.07, 6.45) is 1.05. The second-order valence-electron chi connectivity index (χ2n) is 5.21. The molecule has 5 heteroatoms. The lowest BCUT2D eigenvalue weighted by molar-refractivity contribution is 0.414. The van der Waals surface area contributed by atoms with Crippen molar-refractivity contribution >= 4 is 15.7 Å². The summed E-state index contributed by atoms with van der Waals surface area (Å²) in [5.41, 5.74) is 1.76. The highest BCUT2D eigenvalue weighted by Crippen LogP contribution is 2.23. The van der Waals surface area contributed by atoms with Gasteiger partial charge in [-0.3, -0.25) is 4.72 Å². The van der Waals surface area contributed by atoms with Crippen LogP contribution in [0.15, 0.2) is 53.4 Å². The number of benzene rings is 2. The maximum absolute atomic E-state index is 12.3. The van der Waals surface area contributed by atoms with Crippen molar-refractivity contribution < 1.29 is 13.2 Å². The minimum Gasteiger partial charge on any atom is -0.497 e. The fourth-order valence-electron chi connectivity index (χ4n) is 2.08. The van der Waals surface area contributed by atoms with E-state index in [1.165, 1.54) is 17.7 Å². The minimum atomic E-state index is -3.58. The number of nitrogens with one attached hydrogen (secondary N) is 1. The average Bonchev–Trinajstić information content (AvgIpc) is 2.54. The van der Waals surface area contributed by atoms with Crippen molar-refractivity contribution in [1.29, 1.82) is 0 Å². The van der Waals surface area contributed by atoms with Gasteiger partial charge in [0.2, 0.25) is 0 Å². The van der Waals surface area contributed by atoms with Crippen LogP contribution in [0.2, 0.25) is 0 Å². The standard InChI is InChI=1S/C17H21NO3S/c1-4-13(2)14-5-7-15(8-6-14)18-22(19,20)17-11-9-16(21-3)10-12-17/h5-13,18H,4H2,1-3H3/t13-/m0/s1. The van der Waals surface area contributed by atoms with E-state index in [1.807, 2.05) is 12.1 Å². The number of anilines is 1. The predicted octanol–water partition coefficient (Wildman–Crippen LogP) is 4.01. The third-order valence-electron chi connectivity index (χ3n) is 3.71. The van der Waals surface area contributed by atoms with Crippen LogP contribution >= 0.6 is 0 Å². The first-order valence-electron chi connectivity index (χ1n) is 7.23. The molecule has 0 unspecified atom stereocenters. The number of rotatable bonds is 6. The molecule has 0 saturated carbocycles. The Bertz CT molecular complexity index is 707. The quantitative estimate of drug-likeness (QED) is 0.875. The smallest absolute Gasteiger partial charge is 0.261 e. The van der Waals surface area contributed by atoms with E-state index in [9.17, 15) is 8.42 Å². The molecule has 0 spiro atoms. The van der Waals surface area contributed by atoms with E-state index in [1.54, 1.807) is 31.4 Å². The highest BCUT2D eigenvalue weighted by Gasteiger charge is 2.14. The van der Waals surface area contributed by atoms with Crippen LogP contribution in [-0.4, -0.2) is 15.5 Å². The van der Waals surface area contributed by atoms with E-state index in [2.05, 4.69) is 18.6 Å². The van der Waals surface area contributed by atoms with E-state index in [4.69, 9.17) is 4.74 Å². The summed E-state index contributed by atoms with van der Waals surface area (Å²) in [7, 11) is -2.04. The lowest BCUT2D eigenvalue weighted by Crippen LogP contribution is -2.12. The molecule has 0 saturated heterocycles. The van der Waals surface area contributed by atoms with Gasteiger partial charge in [0.25, 0.3) is 10.0 Å². The lowest BCUT2D eigenvalue weighted by atomic mass is 9.99. The number of sulfonamides is 1. The number of hydrogen-bond acceptors (Lipinski definition) is 3. The van der Waals surface area contributed by atoms with Gasteiger partial charge in [-0.05, 0) is 54.3 Å². The van der Waals surface area contributed by atoms with Crippen molar-refractivity contribution in [2.24, 2.45) is 0 Å². The molecule has 0 fully saturated rings. The Morgan fingerprint density at radius 2 is 1.64 bits per heavy atom. The highest BCUT2D eigenvalue weighted by molar-refractivity contribution is 7.92. The Balaban J connectivity index is 2.17. The van der Waals surface area contributed by atoms with Crippen molar-refractivity contribution in [3.8, 4) is 5.75 Å². The van der Waals surface area contributed by atoms with Gasteiger partial charge in [-0.2, -0.15) is 0 Å². The van der Waals surface area contributed by atoms with Crippen molar-refractivity contribution in [3.05, 3.63) is 54.1 Å². The summed E-state index contributed by atoms with van der Waals surface area (Å²) < 4.78 is 32.3. The SMILES string of the molecule is CC[C@H](C)c1ccc(NS(=O)(=O)c2ccc(OC)cc2)cc1. The first kappa shape index (κ1) is 16.4. The molecule has 0 heterocycles. The molecule has 0 aliphatic rings. The van der Waals surface area contributed by atoms with Gasteiger partial charge in [-0.15, -0.1) is 0 Å². The van der Waals surface area contributed by atoms with Crippen molar-refractivity contribution in [2.45, 2.75) is 31.1 Å². The molecule has 0 aliphatic heterocycles. The van der Waals surface area contributed by atoms with Gasteiger partial charge in [0.1, 0.15) is 5.75 Å². The van der Waals surface area contributed by atoms with Crippen LogP contribution in [0, 0.1) is 0 Å². The van der Waals surface area contributed by atoms with E-state index in [-0.39, 0.29) is 4.90 Å². The van der Waals surface area contributed by atoms with Crippen LogP contribution in [-0.2, 0) is 10.0 Å². The summed E-state index contributed by atoms with van der Waals surface area (Å²) in [5, 5.41) is 0. The fraction of sp³-hybridized carbons (Fsp3) is 0.294. The van der Waals surface area contributed by atoms with Gasteiger partial charge in [0.15, 0.2) is 0 Å². The second-order valence-corrected chi connectivity index (χ2v) is 6.89. The number of hydrogen-bond donors (Lipinski definition) is 1. The molecular weight excluding hydrogens is 298 g/mol. The van der Waals surface area contributed by atoms with E-state index >= 15 is 0 Å². The van der Waals surface area contributed by atoms with Gasteiger partial charge in [0, 0.05) is 5.69 Å². The molecule has 2 rings (SSSR count). The van der Waals surface area contributed by atoms with Crippen LogP contribution in [0.3, 0.4) is 0 Å². The normalized spacial score (nSPS) is 12.7. The molecular formula is C17H21NO3S. The second kappa shape index (κ2) is 6.83. The highest BCUT2D eigenvalue weighted by atomic mass is 32.2. The molecule has 1 atom stereocenters. The van der Waals surface area contributed by atoms with Gasteiger partial charge < -0.3 is 4.74 Å². The van der Waals surface area contributed by atoms with Crippen molar-refractivity contribution in [1.82, 2.24) is 0 Å². The molecule has 2 aromatic rings. The monoisotopic (exact) mass is 319 g/mol. The zero-order valence-electron chi connectivity index (χ0n) is 13.0. The Kier molecular flexibility index (Phi) is 5.08. The topological polar surface area (TPSA) is 55.4 Å². The maximum Gasteiger partial charge on any atom is 0.261 e. The van der Waals surface area contributed by atoms with Crippen molar-refractivity contribution in [3.63, 3.8) is 0 Å². The van der Waals surface area contributed by atoms with Crippen LogP contribution in [0.4, 0.5) is 5.69 Å². The first-order valence-corrected chi connectivity index (χ1v) is 8.71. The van der Waals surface area contributed by atoms with Gasteiger partial charge >= 0.3 is 0 Å². The largest absolute Gasteiger partial charge is 0.497 e. The molecule has 0 aromatic heterocycles. The third-order valence-corrected chi connectivity index (χ3v) is 5.11. The van der Waals surface area contributed by atoms with Crippen LogP contribution < -0.4 is 9.46 Å². The summed E-state index contributed by atoms with van der Waals surface area (Å²) in [6, 6.07) is 13.8. The van der Waals surface area contributed by atoms with Gasteiger partial charge in [-0.1, -0.05) is 26.0 Å². The predicted molar refractivity (Wildman–Crippen MR) is 89.0 cm³/mol. The average molecular weight is 319 g/mol. The molecule has 4 nitrogen and oxygen atoms in total. The Labute approximate surface area is 132 Å². The minimum absolute atomic E-state index is 0.208. The molecule has 118 valence electrons. The number of ether oxygens (including phenoxy) is 1. The molecule has 2 aromatic carbocycles. The van der Waals surface area contributed by atoms with Crippen LogP contribution in [0.1, 0.15) is 31.7 Å². The zero-order chi connectivity index (χ0) is 16.2. The molecule has 0 bridgehead atoms.